The lowest BCUT2D eigenvalue weighted by Crippen LogP contribution is -2.04. The zero-order valence-electron chi connectivity index (χ0n) is 24.5. The number of benzene rings is 7. The third-order valence-corrected chi connectivity index (χ3v) is 9.45. The Morgan fingerprint density at radius 1 is 0.500 bits per heavy atom. The maximum absolute atomic E-state index is 10.2. The van der Waals surface area contributed by atoms with Gasteiger partial charge in [-0.05, 0) is 51.6 Å². The molecule has 0 amide bonds. The molecule has 0 saturated carbocycles. The molecule has 10 rings (SSSR count). The zero-order chi connectivity index (χ0) is 30.4. The van der Waals surface area contributed by atoms with Crippen LogP contribution in [-0.4, -0.2) is 25.5 Å². The smallest absolute Gasteiger partial charge is 0.235 e. The van der Waals surface area contributed by atoms with Gasteiger partial charge in [0.2, 0.25) is 5.95 Å². The van der Waals surface area contributed by atoms with Gasteiger partial charge in [0.1, 0.15) is 5.71 Å². The van der Waals surface area contributed by atoms with Crippen LogP contribution in [0.2, 0.25) is 0 Å². The van der Waals surface area contributed by atoms with E-state index in [1.54, 1.807) is 0 Å². The molecule has 2 heterocycles. The Kier molecular flexibility index (Phi) is 5.08. The summed E-state index contributed by atoms with van der Waals surface area (Å²) in [5.74, 6) is 0.593. The molecular weight excluding hydrogens is 564 g/mol. The second kappa shape index (κ2) is 9.34. The minimum absolute atomic E-state index is 0.574. The minimum atomic E-state index is 0.574. The molecule has 9 aromatic rings. The van der Waals surface area contributed by atoms with Crippen LogP contribution in [0, 0.1) is 0 Å². The van der Waals surface area contributed by atoms with E-state index >= 15 is 0 Å². The van der Waals surface area contributed by atoms with E-state index in [4.69, 9.17) is 9.97 Å². The molecule has 2 aromatic heterocycles. The quantitative estimate of drug-likeness (QED) is 0.124. The highest BCUT2D eigenvalue weighted by Crippen LogP contribution is 2.44. The number of hydrogen-bond donors (Lipinski definition) is 1. The molecule has 0 radical (unpaired) electrons. The van der Waals surface area contributed by atoms with Gasteiger partial charge in [-0.1, -0.05) is 120 Å². The molecule has 214 valence electrons. The maximum atomic E-state index is 10.2. The van der Waals surface area contributed by atoms with Crippen LogP contribution in [0.25, 0.3) is 82.6 Å². The van der Waals surface area contributed by atoms with Crippen molar-refractivity contribution in [2.24, 2.45) is 5.16 Å². The minimum Gasteiger partial charge on any atom is -0.410 e. The molecule has 7 aromatic carbocycles. The van der Waals surface area contributed by atoms with Gasteiger partial charge in [-0.25, -0.2) is 9.97 Å². The van der Waals surface area contributed by atoms with Gasteiger partial charge >= 0.3 is 0 Å². The van der Waals surface area contributed by atoms with Crippen LogP contribution in [0.15, 0.2) is 145 Å². The van der Waals surface area contributed by atoms with E-state index in [1.165, 1.54) is 10.8 Å². The lowest BCUT2D eigenvalue weighted by molar-refractivity contribution is 0.320. The average Bonchev–Trinajstić information content (AvgIpc) is 3.62. The Labute approximate surface area is 263 Å². The first kappa shape index (κ1) is 25.0. The number of hydrogen-bond acceptors (Lipinski definition) is 4. The number of fused-ring (bicyclic) bond motifs is 11. The fourth-order valence-corrected chi connectivity index (χ4v) is 7.41. The molecule has 0 atom stereocenters. The van der Waals surface area contributed by atoms with Crippen molar-refractivity contribution < 1.29 is 5.21 Å². The molecule has 0 fully saturated rings. The van der Waals surface area contributed by atoms with Crippen molar-refractivity contribution >= 4 is 60.0 Å². The Hall–Kier alpha value is -6.33. The first-order chi connectivity index (χ1) is 22.8. The van der Waals surface area contributed by atoms with Crippen molar-refractivity contribution in [1.82, 2.24) is 14.5 Å². The van der Waals surface area contributed by atoms with Gasteiger partial charge in [-0.15, -0.1) is 0 Å². The van der Waals surface area contributed by atoms with Gasteiger partial charge in [0, 0.05) is 38.2 Å². The largest absolute Gasteiger partial charge is 0.410 e. The summed E-state index contributed by atoms with van der Waals surface area (Å²) in [5.41, 5.74) is 9.30. The van der Waals surface area contributed by atoms with Crippen molar-refractivity contribution in [3.63, 3.8) is 0 Å². The maximum Gasteiger partial charge on any atom is 0.235 e. The lowest BCUT2D eigenvalue weighted by Gasteiger charge is -2.13. The topological polar surface area (TPSA) is 63.3 Å². The predicted molar refractivity (Wildman–Crippen MR) is 187 cm³/mol. The standard InChI is InChI=1S/C41H24N4O/c46-44-40-30-17-9-8-16-29(30)32-22-34-36(23-33(32)40)45(35-21-19-24-10-4-6-14-27(24)37(34)35)41-42-38(26-12-2-1-3-13-26)31-20-18-25-11-5-7-15-28(25)39(31)43-41/h1-23,46H/b44-40-. The van der Waals surface area contributed by atoms with E-state index in [-0.39, 0.29) is 0 Å². The molecule has 1 N–H and O–H groups in total. The van der Waals surface area contributed by atoms with E-state index in [1.807, 2.05) is 36.4 Å². The molecular formula is C41H24N4O. The SMILES string of the molecule is O/N=C1/c2ccccc2-c2cc3c4c5ccccc5ccc4n(-c4nc(-c5ccccc5)c5ccc6ccccc6c5n4)c3cc21. The average molecular weight is 589 g/mol. The Balaban J connectivity index is 1.39. The van der Waals surface area contributed by atoms with Crippen LogP contribution in [-0.2, 0) is 0 Å². The van der Waals surface area contributed by atoms with E-state index in [0.717, 1.165) is 77.0 Å². The number of rotatable bonds is 2. The van der Waals surface area contributed by atoms with Crippen molar-refractivity contribution in [1.29, 1.82) is 0 Å². The highest BCUT2D eigenvalue weighted by atomic mass is 16.4. The Morgan fingerprint density at radius 2 is 1.20 bits per heavy atom. The molecule has 5 nitrogen and oxygen atoms in total. The summed E-state index contributed by atoms with van der Waals surface area (Å²) in [6.45, 7) is 0. The third-order valence-electron chi connectivity index (χ3n) is 9.45. The first-order valence-corrected chi connectivity index (χ1v) is 15.4. The van der Waals surface area contributed by atoms with Crippen LogP contribution in [0.1, 0.15) is 11.1 Å². The van der Waals surface area contributed by atoms with Crippen LogP contribution < -0.4 is 0 Å². The number of nitrogens with zero attached hydrogens (tertiary/aromatic N) is 4. The van der Waals surface area contributed by atoms with Gasteiger partial charge in [-0.2, -0.15) is 0 Å². The van der Waals surface area contributed by atoms with Gasteiger partial charge in [0.25, 0.3) is 0 Å². The van der Waals surface area contributed by atoms with Crippen molar-refractivity contribution in [2.45, 2.75) is 0 Å². The van der Waals surface area contributed by atoms with E-state index in [0.29, 0.717) is 11.7 Å². The van der Waals surface area contributed by atoms with Crippen molar-refractivity contribution in [3.8, 4) is 28.3 Å². The second-order valence-electron chi connectivity index (χ2n) is 11.8. The summed E-state index contributed by atoms with van der Waals surface area (Å²) in [6, 6.07) is 48.4. The molecule has 0 unspecified atom stereocenters. The highest BCUT2D eigenvalue weighted by molar-refractivity contribution is 6.29. The Bertz CT molecular complexity index is 2760. The van der Waals surface area contributed by atoms with Gasteiger partial charge in [0.05, 0.1) is 22.2 Å². The molecule has 1 aliphatic rings. The van der Waals surface area contributed by atoms with E-state index in [9.17, 15) is 5.21 Å². The fraction of sp³-hybridized carbons (Fsp3) is 0. The van der Waals surface area contributed by atoms with Gasteiger partial charge in [0.15, 0.2) is 0 Å². The summed E-state index contributed by atoms with van der Waals surface area (Å²) in [5, 5.41) is 21.8. The molecule has 0 spiro atoms. The van der Waals surface area contributed by atoms with Crippen LogP contribution in [0.4, 0.5) is 0 Å². The van der Waals surface area contributed by atoms with E-state index in [2.05, 4.69) is 113 Å². The number of oxime groups is 1. The highest BCUT2D eigenvalue weighted by Gasteiger charge is 2.28. The monoisotopic (exact) mass is 588 g/mol. The summed E-state index contributed by atoms with van der Waals surface area (Å²) in [6.07, 6.45) is 0. The van der Waals surface area contributed by atoms with Crippen molar-refractivity contribution in [3.05, 3.63) is 151 Å². The van der Waals surface area contributed by atoms with Crippen LogP contribution in [0.5, 0.6) is 0 Å². The summed E-state index contributed by atoms with van der Waals surface area (Å²) in [4.78, 5) is 10.7. The zero-order valence-corrected chi connectivity index (χ0v) is 24.5. The predicted octanol–water partition coefficient (Wildman–Crippen LogP) is 9.91. The van der Waals surface area contributed by atoms with Gasteiger partial charge in [-0.3, -0.25) is 4.57 Å². The summed E-state index contributed by atoms with van der Waals surface area (Å²) in [7, 11) is 0. The van der Waals surface area contributed by atoms with Crippen LogP contribution >= 0.6 is 0 Å². The molecule has 0 saturated heterocycles. The molecule has 1 aliphatic carbocycles. The second-order valence-corrected chi connectivity index (χ2v) is 11.8. The lowest BCUT2D eigenvalue weighted by atomic mass is 9.99. The molecule has 46 heavy (non-hydrogen) atoms. The molecule has 0 bridgehead atoms. The third kappa shape index (κ3) is 3.37. The summed E-state index contributed by atoms with van der Waals surface area (Å²) >= 11 is 0. The normalized spacial score (nSPS) is 13.3. The molecule has 0 aliphatic heterocycles. The number of aromatic nitrogens is 3. The fourth-order valence-electron chi connectivity index (χ4n) is 7.41. The summed E-state index contributed by atoms with van der Waals surface area (Å²) < 4.78 is 2.18. The van der Waals surface area contributed by atoms with E-state index < -0.39 is 0 Å². The Morgan fingerprint density at radius 3 is 2.02 bits per heavy atom. The first-order valence-electron chi connectivity index (χ1n) is 15.4. The van der Waals surface area contributed by atoms with Gasteiger partial charge < -0.3 is 5.21 Å². The molecule has 5 heteroatoms. The van der Waals surface area contributed by atoms with Crippen molar-refractivity contribution in [2.75, 3.05) is 0 Å². The van der Waals surface area contributed by atoms with Crippen LogP contribution in [0.3, 0.4) is 0 Å².